The van der Waals surface area contributed by atoms with E-state index in [9.17, 15) is 0 Å². The van der Waals surface area contributed by atoms with E-state index in [1.807, 2.05) is 37.5 Å². The van der Waals surface area contributed by atoms with Gasteiger partial charge in [-0.15, -0.1) is 0 Å². The van der Waals surface area contributed by atoms with Crippen LogP contribution in [0.1, 0.15) is 42.4 Å². The van der Waals surface area contributed by atoms with Crippen LogP contribution in [0.25, 0.3) is 11.0 Å². The number of nitrogens with zero attached hydrogens (tertiary/aromatic N) is 4. The average Bonchev–Trinajstić information content (AvgIpc) is 3.15. The van der Waals surface area contributed by atoms with Gasteiger partial charge in [-0.2, -0.15) is 0 Å². The smallest absolute Gasteiger partial charge is 0.121 e. The fraction of sp³-hybridized carbons (Fsp3) is 0.409. The molecule has 146 valence electrons. The molecule has 1 atom stereocenters. The van der Waals surface area contributed by atoms with Gasteiger partial charge in [-0.1, -0.05) is 18.2 Å². The van der Waals surface area contributed by atoms with Crippen molar-refractivity contribution in [1.29, 1.82) is 0 Å². The molecule has 2 heterocycles. The summed E-state index contributed by atoms with van der Waals surface area (Å²) in [5.41, 5.74) is 11.6. The maximum absolute atomic E-state index is 5.85. The minimum atomic E-state index is 0.300. The first-order valence-corrected chi connectivity index (χ1v) is 10.0. The molecule has 0 radical (unpaired) electrons. The first kappa shape index (κ1) is 18.8. The van der Waals surface area contributed by atoms with Gasteiger partial charge in [-0.05, 0) is 49.4 Å². The number of hydrogen-bond acceptors (Lipinski definition) is 5. The van der Waals surface area contributed by atoms with Gasteiger partial charge >= 0.3 is 0 Å². The predicted octanol–water partition coefficient (Wildman–Crippen LogP) is 3.26. The maximum atomic E-state index is 5.85. The first-order valence-electron chi connectivity index (χ1n) is 10.0. The Morgan fingerprint density at radius 3 is 3.00 bits per heavy atom. The number of para-hydroxylation sites is 2. The molecule has 0 saturated carbocycles. The van der Waals surface area contributed by atoms with Crippen molar-refractivity contribution >= 4 is 16.7 Å². The van der Waals surface area contributed by atoms with Gasteiger partial charge in [0, 0.05) is 32.0 Å². The van der Waals surface area contributed by atoms with Crippen LogP contribution >= 0.6 is 0 Å². The van der Waals surface area contributed by atoms with E-state index in [1.165, 1.54) is 17.7 Å². The summed E-state index contributed by atoms with van der Waals surface area (Å²) < 4.78 is 0. The van der Waals surface area contributed by atoms with E-state index in [0.717, 1.165) is 54.9 Å². The number of imidazole rings is 1. The minimum Gasteiger partial charge on any atom is -0.341 e. The fourth-order valence-corrected chi connectivity index (χ4v) is 4.14. The van der Waals surface area contributed by atoms with Crippen LogP contribution in [0.2, 0.25) is 0 Å². The van der Waals surface area contributed by atoms with E-state index >= 15 is 0 Å². The van der Waals surface area contributed by atoms with E-state index in [2.05, 4.69) is 27.0 Å². The lowest BCUT2D eigenvalue weighted by Crippen LogP contribution is -2.34. The quantitative estimate of drug-likeness (QED) is 0.620. The fourth-order valence-electron chi connectivity index (χ4n) is 4.14. The zero-order valence-electron chi connectivity index (χ0n) is 16.4. The molecule has 4 rings (SSSR count). The molecule has 0 spiro atoms. The molecule has 1 aliphatic carbocycles. The van der Waals surface area contributed by atoms with E-state index in [4.69, 9.17) is 15.7 Å². The molecule has 28 heavy (non-hydrogen) atoms. The average molecular weight is 377 g/mol. The van der Waals surface area contributed by atoms with Crippen molar-refractivity contribution < 1.29 is 0 Å². The molecule has 1 aliphatic rings. The van der Waals surface area contributed by atoms with Crippen LogP contribution in [-0.4, -0.2) is 45.7 Å². The number of aryl methyl sites for hydroxylation is 1. The van der Waals surface area contributed by atoms with Crippen molar-refractivity contribution in [3.63, 3.8) is 0 Å². The number of aromatic nitrogens is 3. The van der Waals surface area contributed by atoms with Crippen LogP contribution in [-0.2, 0) is 13.0 Å². The van der Waals surface area contributed by atoms with Gasteiger partial charge in [-0.25, -0.2) is 4.98 Å². The molecule has 0 fully saturated rings. The normalized spacial score (nSPS) is 17.2. The molecule has 1 unspecified atom stereocenters. The third kappa shape index (κ3) is 3.98. The number of benzene rings is 1. The van der Waals surface area contributed by atoms with Gasteiger partial charge in [0.05, 0.1) is 29.3 Å². The van der Waals surface area contributed by atoms with Crippen molar-refractivity contribution in [2.45, 2.75) is 38.3 Å². The Labute approximate surface area is 165 Å². The Morgan fingerprint density at radius 1 is 1.29 bits per heavy atom. The number of nitrogens with one attached hydrogen (secondary N) is 1. The number of aromatic amines is 1. The summed E-state index contributed by atoms with van der Waals surface area (Å²) in [5.74, 6) is 0.993. The lowest BCUT2D eigenvalue weighted by Gasteiger charge is -2.34. The highest BCUT2D eigenvalue weighted by Crippen LogP contribution is 2.33. The van der Waals surface area contributed by atoms with Gasteiger partial charge in [0.2, 0.25) is 0 Å². The van der Waals surface area contributed by atoms with Crippen LogP contribution < -0.4 is 5.73 Å². The molecule has 0 amide bonds. The summed E-state index contributed by atoms with van der Waals surface area (Å²) >= 11 is 0. The lowest BCUT2D eigenvalue weighted by molar-refractivity contribution is 0.167. The molecule has 3 N–H and O–H groups in total. The second-order valence-corrected chi connectivity index (χ2v) is 7.37. The second-order valence-electron chi connectivity index (χ2n) is 7.37. The highest BCUT2D eigenvalue weighted by molar-refractivity contribution is 5.86. The molecule has 0 aliphatic heterocycles. The largest absolute Gasteiger partial charge is 0.341 e. The Morgan fingerprint density at radius 2 is 2.18 bits per heavy atom. The number of aliphatic imine (C=N–C) groups is 1. The molecule has 1 aromatic carbocycles. The second kappa shape index (κ2) is 8.63. The first-order chi connectivity index (χ1) is 13.8. The summed E-state index contributed by atoms with van der Waals surface area (Å²) in [6.45, 7) is 2.16. The number of hydrogen-bond donors (Lipinski definition) is 2. The van der Waals surface area contributed by atoms with Gasteiger partial charge in [0.15, 0.2) is 0 Å². The lowest BCUT2D eigenvalue weighted by atomic mass is 9.90. The van der Waals surface area contributed by atoms with Crippen LogP contribution in [0, 0.1) is 0 Å². The molecule has 6 nitrogen and oxygen atoms in total. The van der Waals surface area contributed by atoms with E-state index < -0.39 is 0 Å². The van der Waals surface area contributed by atoms with Crippen molar-refractivity contribution in [3.05, 3.63) is 59.7 Å². The van der Waals surface area contributed by atoms with Crippen LogP contribution in [0.3, 0.4) is 0 Å². The summed E-state index contributed by atoms with van der Waals surface area (Å²) in [6.07, 6.45) is 6.20. The number of pyridine rings is 1. The Balaban J connectivity index is 1.62. The van der Waals surface area contributed by atoms with Crippen LogP contribution in [0.15, 0.2) is 47.6 Å². The Kier molecular flexibility index (Phi) is 5.78. The summed E-state index contributed by atoms with van der Waals surface area (Å²) in [5, 5.41) is 0. The molecule has 0 bridgehead atoms. The van der Waals surface area contributed by atoms with Gasteiger partial charge in [0.1, 0.15) is 5.82 Å². The third-order valence-electron chi connectivity index (χ3n) is 5.64. The standard InChI is InChI=1S/C22H28N6/c1-24-17(14-23)11-13-28(15-21-26-18-8-2-3-9-19(18)27-21)20-10-4-6-16-7-5-12-25-22(16)20/h2-3,5,7-9,12,20H,4,6,10-11,13-15,23H2,1H3,(H,26,27)/b24-17-. The summed E-state index contributed by atoms with van der Waals surface area (Å²) in [4.78, 5) is 19.8. The topological polar surface area (TPSA) is 83.2 Å². The van der Waals surface area contributed by atoms with Crippen LogP contribution in [0.4, 0.5) is 0 Å². The highest BCUT2D eigenvalue weighted by atomic mass is 15.2. The van der Waals surface area contributed by atoms with Crippen molar-refractivity contribution in [3.8, 4) is 0 Å². The predicted molar refractivity (Wildman–Crippen MR) is 113 cm³/mol. The molecule has 2 aromatic heterocycles. The molecular formula is C22H28N6. The van der Waals surface area contributed by atoms with Gasteiger partial charge in [0.25, 0.3) is 0 Å². The van der Waals surface area contributed by atoms with E-state index in [1.54, 1.807) is 0 Å². The molecule has 0 saturated heterocycles. The number of nitrogens with two attached hydrogens (primary N) is 1. The van der Waals surface area contributed by atoms with Crippen molar-refractivity contribution in [2.75, 3.05) is 20.1 Å². The van der Waals surface area contributed by atoms with Crippen LogP contribution in [0.5, 0.6) is 0 Å². The molecule has 6 heteroatoms. The zero-order valence-corrected chi connectivity index (χ0v) is 16.4. The van der Waals surface area contributed by atoms with Crippen molar-refractivity contribution in [1.82, 2.24) is 19.9 Å². The summed E-state index contributed by atoms with van der Waals surface area (Å²) in [7, 11) is 1.82. The molecule has 3 aromatic rings. The summed E-state index contributed by atoms with van der Waals surface area (Å²) in [6, 6.07) is 12.7. The Hall–Kier alpha value is -2.57. The third-order valence-corrected chi connectivity index (χ3v) is 5.64. The monoisotopic (exact) mass is 376 g/mol. The van der Waals surface area contributed by atoms with E-state index in [-0.39, 0.29) is 0 Å². The maximum Gasteiger partial charge on any atom is 0.121 e. The van der Waals surface area contributed by atoms with E-state index in [0.29, 0.717) is 12.6 Å². The Bertz CT molecular complexity index is 927. The van der Waals surface area contributed by atoms with Crippen molar-refractivity contribution in [2.24, 2.45) is 10.7 Å². The SMILES string of the molecule is C/N=C(\CN)CCN(Cc1nc2ccccc2[nH]1)C1CCCc2cccnc21. The number of rotatable bonds is 7. The number of H-pyrrole nitrogens is 1. The highest BCUT2D eigenvalue weighted by Gasteiger charge is 2.27. The number of fused-ring (bicyclic) bond motifs is 2. The zero-order chi connectivity index (χ0) is 19.3. The minimum absolute atomic E-state index is 0.300. The van der Waals surface area contributed by atoms with Gasteiger partial charge in [-0.3, -0.25) is 14.9 Å². The molecular weight excluding hydrogens is 348 g/mol. The van der Waals surface area contributed by atoms with Gasteiger partial charge < -0.3 is 10.7 Å².